The summed E-state index contributed by atoms with van der Waals surface area (Å²) in [5, 5.41) is 3.33. The molecule has 0 saturated heterocycles. The van der Waals surface area contributed by atoms with Crippen LogP contribution >= 0.6 is 15.9 Å². The van der Waals surface area contributed by atoms with Crippen LogP contribution in [0, 0.1) is 6.92 Å². The second kappa shape index (κ2) is 7.69. The molecule has 1 N–H and O–H groups in total. The van der Waals surface area contributed by atoms with Gasteiger partial charge in [0.15, 0.2) is 6.29 Å². The molecule has 0 fully saturated rings. The minimum atomic E-state index is -0.197. The van der Waals surface area contributed by atoms with Crippen molar-refractivity contribution in [2.45, 2.75) is 27.1 Å². The van der Waals surface area contributed by atoms with Crippen LogP contribution in [0.1, 0.15) is 19.4 Å². The van der Waals surface area contributed by atoms with E-state index >= 15 is 0 Å². The van der Waals surface area contributed by atoms with Crippen LogP contribution in [0.5, 0.6) is 0 Å². The fourth-order valence-corrected chi connectivity index (χ4v) is 1.89. The Bertz CT molecular complexity index is 338. The lowest BCUT2D eigenvalue weighted by atomic mass is 10.2. The zero-order valence-electron chi connectivity index (χ0n) is 10.6. The molecule has 96 valence electrons. The van der Waals surface area contributed by atoms with Crippen molar-refractivity contribution in [3.63, 3.8) is 0 Å². The van der Waals surface area contributed by atoms with Gasteiger partial charge in [-0.3, -0.25) is 0 Å². The van der Waals surface area contributed by atoms with E-state index in [1.807, 2.05) is 19.9 Å². The van der Waals surface area contributed by atoms with Crippen molar-refractivity contribution in [2.24, 2.45) is 0 Å². The van der Waals surface area contributed by atoms with Crippen LogP contribution in [0.4, 0.5) is 5.69 Å². The summed E-state index contributed by atoms with van der Waals surface area (Å²) in [6.45, 7) is 7.95. The highest BCUT2D eigenvalue weighted by Crippen LogP contribution is 2.23. The first-order valence-corrected chi connectivity index (χ1v) is 6.69. The van der Waals surface area contributed by atoms with Crippen molar-refractivity contribution in [1.29, 1.82) is 0 Å². The highest BCUT2D eigenvalue weighted by Gasteiger charge is 2.08. The number of anilines is 1. The van der Waals surface area contributed by atoms with E-state index < -0.39 is 0 Å². The van der Waals surface area contributed by atoms with E-state index in [1.165, 1.54) is 5.56 Å². The Balaban J connectivity index is 2.55. The number of ether oxygens (including phenoxy) is 2. The molecule has 3 nitrogen and oxygen atoms in total. The van der Waals surface area contributed by atoms with Crippen LogP contribution in [-0.2, 0) is 9.47 Å². The number of aryl methyl sites for hydroxylation is 1. The standard InChI is InChI=1S/C13H20BrNO2/c1-4-16-13(17-5-2)9-15-12-8-10(3)6-7-11(12)14/h6-8,13,15H,4-5,9H2,1-3H3. The third-order valence-corrected chi connectivity index (χ3v) is 2.98. The van der Waals surface area contributed by atoms with Crippen molar-refractivity contribution in [3.8, 4) is 0 Å². The summed E-state index contributed by atoms with van der Waals surface area (Å²) >= 11 is 3.51. The Morgan fingerprint density at radius 2 is 1.88 bits per heavy atom. The average molecular weight is 302 g/mol. The van der Waals surface area contributed by atoms with Crippen molar-refractivity contribution in [2.75, 3.05) is 25.1 Å². The molecule has 0 bridgehead atoms. The van der Waals surface area contributed by atoms with E-state index in [0.717, 1.165) is 10.2 Å². The highest BCUT2D eigenvalue weighted by atomic mass is 79.9. The summed E-state index contributed by atoms with van der Waals surface area (Å²) in [4.78, 5) is 0. The van der Waals surface area contributed by atoms with Gasteiger partial charge in [0.1, 0.15) is 0 Å². The first kappa shape index (κ1) is 14.5. The molecule has 1 aromatic carbocycles. The molecule has 17 heavy (non-hydrogen) atoms. The van der Waals surface area contributed by atoms with Gasteiger partial charge in [0.25, 0.3) is 0 Å². The average Bonchev–Trinajstić information content (AvgIpc) is 2.30. The summed E-state index contributed by atoms with van der Waals surface area (Å²) in [7, 11) is 0. The van der Waals surface area contributed by atoms with E-state index in [-0.39, 0.29) is 6.29 Å². The van der Waals surface area contributed by atoms with Crippen LogP contribution in [0.3, 0.4) is 0 Å². The summed E-state index contributed by atoms with van der Waals surface area (Å²) in [6, 6.07) is 6.20. The molecule has 0 atom stereocenters. The summed E-state index contributed by atoms with van der Waals surface area (Å²) in [5.74, 6) is 0. The van der Waals surface area contributed by atoms with Gasteiger partial charge >= 0.3 is 0 Å². The lowest BCUT2D eigenvalue weighted by Gasteiger charge is -2.18. The molecule has 0 unspecified atom stereocenters. The number of hydrogen-bond acceptors (Lipinski definition) is 3. The Labute approximate surface area is 112 Å². The SMILES string of the molecule is CCOC(CNc1cc(C)ccc1Br)OCC. The maximum atomic E-state index is 5.47. The predicted molar refractivity (Wildman–Crippen MR) is 74.4 cm³/mol. The minimum Gasteiger partial charge on any atom is -0.379 e. The second-order valence-corrected chi connectivity index (χ2v) is 4.56. The summed E-state index contributed by atoms with van der Waals surface area (Å²) in [5.41, 5.74) is 2.29. The lowest BCUT2D eigenvalue weighted by Crippen LogP contribution is -2.26. The van der Waals surface area contributed by atoms with Crippen LogP contribution in [0.15, 0.2) is 22.7 Å². The fraction of sp³-hybridized carbons (Fsp3) is 0.538. The number of halogens is 1. The summed E-state index contributed by atoms with van der Waals surface area (Å²) < 4.78 is 12.0. The van der Waals surface area contributed by atoms with E-state index in [4.69, 9.17) is 9.47 Å². The second-order valence-electron chi connectivity index (χ2n) is 3.70. The molecule has 0 aromatic heterocycles. The molecule has 0 saturated carbocycles. The van der Waals surface area contributed by atoms with E-state index in [2.05, 4.69) is 40.3 Å². The monoisotopic (exact) mass is 301 g/mol. The van der Waals surface area contributed by atoms with Crippen molar-refractivity contribution < 1.29 is 9.47 Å². The molecule has 1 rings (SSSR count). The van der Waals surface area contributed by atoms with Gasteiger partial charge in [0, 0.05) is 23.4 Å². The van der Waals surface area contributed by atoms with Gasteiger partial charge in [-0.25, -0.2) is 0 Å². The van der Waals surface area contributed by atoms with Crippen molar-refractivity contribution in [1.82, 2.24) is 0 Å². The molecule has 0 spiro atoms. The smallest absolute Gasteiger partial charge is 0.174 e. The maximum Gasteiger partial charge on any atom is 0.174 e. The Hall–Kier alpha value is -0.580. The topological polar surface area (TPSA) is 30.5 Å². The predicted octanol–water partition coefficient (Wildman–Crippen LogP) is 3.57. The van der Waals surface area contributed by atoms with Crippen LogP contribution < -0.4 is 5.32 Å². The first-order valence-electron chi connectivity index (χ1n) is 5.90. The minimum absolute atomic E-state index is 0.197. The third-order valence-electron chi connectivity index (χ3n) is 2.29. The van der Waals surface area contributed by atoms with Gasteiger partial charge in [0.2, 0.25) is 0 Å². The first-order chi connectivity index (χ1) is 8.17. The molecule has 4 heteroatoms. The molecular formula is C13H20BrNO2. The van der Waals surface area contributed by atoms with E-state index in [0.29, 0.717) is 19.8 Å². The molecule has 0 aliphatic carbocycles. The number of benzene rings is 1. The Kier molecular flexibility index (Phi) is 6.55. The van der Waals surface area contributed by atoms with Gasteiger partial charge < -0.3 is 14.8 Å². The van der Waals surface area contributed by atoms with Crippen molar-refractivity contribution >= 4 is 21.6 Å². The van der Waals surface area contributed by atoms with Gasteiger partial charge in [0.05, 0.1) is 6.54 Å². The lowest BCUT2D eigenvalue weighted by molar-refractivity contribution is -0.126. The number of rotatable bonds is 7. The van der Waals surface area contributed by atoms with Crippen LogP contribution in [0.2, 0.25) is 0 Å². The van der Waals surface area contributed by atoms with E-state index in [9.17, 15) is 0 Å². The Morgan fingerprint density at radius 3 is 2.47 bits per heavy atom. The normalized spacial score (nSPS) is 10.9. The fourth-order valence-electron chi connectivity index (χ4n) is 1.51. The van der Waals surface area contributed by atoms with Crippen LogP contribution in [-0.4, -0.2) is 26.0 Å². The maximum absolute atomic E-state index is 5.47. The third kappa shape index (κ3) is 5.06. The molecule has 0 amide bonds. The van der Waals surface area contributed by atoms with Gasteiger partial charge in [-0.05, 0) is 54.4 Å². The molecular weight excluding hydrogens is 282 g/mol. The Morgan fingerprint density at radius 1 is 1.24 bits per heavy atom. The molecule has 0 heterocycles. The molecule has 0 aliphatic rings. The molecule has 0 radical (unpaired) electrons. The number of nitrogens with one attached hydrogen (secondary N) is 1. The summed E-state index contributed by atoms with van der Waals surface area (Å²) in [6.07, 6.45) is -0.197. The highest BCUT2D eigenvalue weighted by molar-refractivity contribution is 9.10. The van der Waals surface area contributed by atoms with Crippen LogP contribution in [0.25, 0.3) is 0 Å². The number of hydrogen-bond donors (Lipinski definition) is 1. The van der Waals surface area contributed by atoms with Gasteiger partial charge in [-0.2, -0.15) is 0 Å². The van der Waals surface area contributed by atoms with Gasteiger partial charge in [-0.1, -0.05) is 6.07 Å². The van der Waals surface area contributed by atoms with E-state index in [1.54, 1.807) is 0 Å². The molecule has 0 aliphatic heterocycles. The zero-order valence-corrected chi connectivity index (χ0v) is 12.2. The quantitative estimate of drug-likeness (QED) is 0.781. The zero-order chi connectivity index (χ0) is 12.7. The largest absolute Gasteiger partial charge is 0.379 e. The van der Waals surface area contributed by atoms with Crippen molar-refractivity contribution in [3.05, 3.63) is 28.2 Å². The van der Waals surface area contributed by atoms with Gasteiger partial charge in [-0.15, -0.1) is 0 Å². The molecule has 1 aromatic rings.